The summed E-state index contributed by atoms with van der Waals surface area (Å²) in [5.41, 5.74) is 13.6. The predicted molar refractivity (Wildman–Crippen MR) is 180 cm³/mol. The predicted octanol–water partition coefficient (Wildman–Crippen LogP) is 11.9. The van der Waals surface area contributed by atoms with Gasteiger partial charge in [-0.2, -0.15) is 0 Å². The van der Waals surface area contributed by atoms with Gasteiger partial charge in [-0.15, -0.1) is 0 Å². The smallest absolute Gasteiger partial charge is 0.0683 e. The minimum absolute atomic E-state index is 0.301. The van der Waals surface area contributed by atoms with Crippen molar-refractivity contribution in [3.05, 3.63) is 129 Å². The van der Waals surface area contributed by atoms with E-state index in [1.54, 1.807) is 0 Å². The molecule has 0 atom stereocenters. The van der Waals surface area contributed by atoms with Gasteiger partial charge in [0.25, 0.3) is 0 Å². The molecule has 4 aromatic carbocycles. The molecule has 0 N–H and O–H groups in total. The number of hydrogen-bond acceptors (Lipinski definition) is 0. The van der Waals surface area contributed by atoms with Gasteiger partial charge in [0.1, 0.15) is 0 Å². The van der Waals surface area contributed by atoms with E-state index in [1.807, 2.05) is 13.8 Å². The van der Waals surface area contributed by atoms with Gasteiger partial charge in [-0.1, -0.05) is 162 Å². The first-order valence-electron chi connectivity index (χ1n) is 16.5. The maximum Gasteiger partial charge on any atom is 0.0713 e. The average molecular weight is 545 g/mol. The number of fused-ring (bicyclic) bond motifs is 3. The molecule has 4 aromatic rings. The van der Waals surface area contributed by atoms with E-state index in [1.165, 1.54) is 120 Å². The molecular formula is C41H52. The molecule has 0 radical (unpaired) electrons. The first-order chi connectivity index (χ1) is 20.1. The van der Waals surface area contributed by atoms with Crippen LogP contribution in [-0.4, -0.2) is 0 Å². The largest absolute Gasteiger partial charge is 0.0713 e. The molecule has 0 saturated carbocycles. The van der Waals surface area contributed by atoms with Gasteiger partial charge < -0.3 is 0 Å². The van der Waals surface area contributed by atoms with Crippen LogP contribution in [0.15, 0.2) is 84.9 Å². The third-order valence-electron chi connectivity index (χ3n) is 8.86. The first kappa shape index (κ1) is 30.8. The number of rotatable bonds is 12. The van der Waals surface area contributed by atoms with Gasteiger partial charge >= 0.3 is 0 Å². The van der Waals surface area contributed by atoms with Crippen LogP contribution in [-0.2, 0) is 18.3 Å². The molecule has 1 aliphatic rings. The minimum Gasteiger partial charge on any atom is -0.0683 e. The number of unbranched alkanes of at least 4 members (excludes halogenated alkanes) is 6. The normalized spacial score (nSPS) is 12.8. The molecule has 0 bridgehead atoms. The zero-order chi connectivity index (χ0) is 29.2. The van der Waals surface area contributed by atoms with Gasteiger partial charge in [0.05, 0.1) is 5.41 Å². The topological polar surface area (TPSA) is 0 Å². The van der Waals surface area contributed by atoms with Gasteiger partial charge in [0, 0.05) is 0 Å². The highest BCUT2D eigenvalue weighted by atomic mass is 14.5. The standard InChI is InChI=1S/C39H46.C2H6/c1-5-7-9-11-13-31-17-21-33(22-18-31)39(34-23-19-32(20-24-34)14-12-10-8-6-2)37-27-29(3)15-25-35(37)36-26-16-30(4)28-38(36)39;1-2/h15-28H,5-14H2,1-4H3;1-2H3. The molecule has 41 heavy (non-hydrogen) atoms. The summed E-state index contributed by atoms with van der Waals surface area (Å²) in [6.07, 6.45) is 12.8. The van der Waals surface area contributed by atoms with E-state index in [0.717, 1.165) is 0 Å². The highest BCUT2D eigenvalue weighted by Gasteiger charge is 2.46. The zero-order valence-electron chi connectivity index (χ0n) is 26.7. The fourth-order valence-electron chi connectivity index (χ4n) is 6.69. The van der Waals surface area contributed by atoms with Gasteiger partial charge in [-0.25, -0.2) is 0 Å². The van der Waals surface area contributed by atoms with Crippen LogP contribution in [0.1, 0.15) is 124 Å². The summed E-state index contributed by atoms with van der Waals surface area (Å²) < 4.78 is 0. The second-order valence-electron chi connectivity index (χ2n) is 11.9. The summed E-state index contributed by atoms with van der Waals surface area (Å²) in [6.45, 7) is 13.0. The van der Waals surface area contributed by atoms with E-state index in [9.17, 15) is 0 Å². The van der Waals surface area contributed by atoms with Crippen molar-refractivity contribution in [1.82, 2.24) is 0 Å². The Balaban J connectivity index is 0.00000189. The Morgan fingerprint density at radius 1 is 0.463 bits per heavy atom. The van der Waals surface area contributed by atoms with Crippen LogP contribution >= 0.6 is 0 Å². The molecule has 0 unspecified atom stereocenters. The molecule has 0 heteroatoms. The Hall–Kier alpha value is -3.12. The molecule has 0 heterocycles. The van der Waals surface area contributed by atoms with E-state index < -0.39 is 0 Å². The molecule has 0 aromatic heterocycles. The summed E-state index contributed by atoms with van der Waals surface area (Å²) >= 11 is 0. The zero-order valence-corrected chi connectivity index (χ0v) is 26.7. The monoisotopic (exact) mass is 544 g/mol. The molecule has 216 valence electrons. The van der Waals surface area contributed by atoms with E-state index in [2.05, 4.69) is 113 Å². The maximum absolute atomic E-state index is 2.45. The maximum atomic E-state index is 2.45. The Morgan fingerprint density at radius 2 is 0.854 bits per heavy atom. The van der Waals surface area contributed by atoms with Crippen molar-refractivity contribution in [1.29, 1.82) is 0 Å². The van der Waals surface area contributed by atoms with Crippen molar-refractivity contribution in [3.8, 4) is 11.1 Å². The number of benzene rings is 4. The molecule has 0 fully saturated rings. The lowest BCUT2D eigenvalue weighted by molar-refractivity contribution is 0.666. The van der Waals surface area contributed by atoms with Crippen LogP contribution in [0.5, 0.6) is 0 Å². The van der Waals surface area contributed by atoms with Crippen molar-refractivity contribution in [3.63, 3.8) is 0 Å². The molecule has 0 nitrogen and oxygen atoms in total. The van der Waals surface area contributed by atoms with Crippen molar-refractivity contribution in [2.75, 3.05) is 0 Å². The van der Waals surface area contributed by atoms with Gasteiger partial charge in [0.2, 0.25) is 0 Å². The Morgan fingerprint density at radius 3 is 1.22 bits per heavy atom. The quantitative estimate of drug-likeness (QED) is 0.137. The van der Waals surface area contributed by atoms with E-state index >= 15 is 0 Å². The third kappa shape index (κ3) is 6.53. The van der Waals surface area contributed by atoms with Crippen LogP contribution in [0.25, 0.3) is 11.1 Å². The molecular weight excluding hydrogens is 492 g/mol. The van der Waals surface area contributed by atoms with Crippen LogP contribution < -0.4 is 0 Å². The fraction of sp³-hybridized carbons (Fsp3) is 0.415. The van der Waals surface area contributed by atoms with E-state index in [4.69, 9.17) is 0 Å². The van der Waals surface area contributed by atoms with Crippen LogP contribution in [0.2, 0.25) is 0 Å². The molecule has 1 aliphatic carbocycles. The molecule has 0 saturated heterocycles. The van der Waals surface area contributed by atoms with Crippen LogP contribution in [0.4, 0.5) is 0 Å². The highest BCUT2D eigenvalue weighted by Crippen LogP contribution is 2.56. The summed E-state index contributed by atoms with van der Waals surface area (Å²) in [6, 6.07) is 33.4. The number of hydrogen-bond donors (Lipinski definition) is 0. The molecule has 0 spiro atoms. The lowest BCUT2D eigenvalue weighted by atomic mass is 9.67. The van der Waals surface area contributed by atoms with Gasteiger partial charge in [-0.05, 0) is 84.0 Å². The molecule has 0 amide bonds. The Kier molecular flexibility index (Phi) is 11.0. The summed E-state index contributed by atoms with van der Waals surface area (Å²) in [5.74, 6) is 0. The summed E-state index contributed by atoms with van der Waals surface area (Å²) in [4.78, 5) is 0. The fourth-order valence-corrected chi connectivity index (χ4v) is 6.69. The van der Waals surface area contributed by atoms with Gasteiger partial charge in [0.15, 0.2) is 0 Å². The van der Waals surface area contributed by atoms with Gasteiger partial charge in [-0.3, -0.25) is 0 Å². The van der Waals surface area contributed by atoms with Crippen molar-refractivity contribution in [2.45, 2.75) is 111 Å². The lowest BCUT2D eigenvalue weighted by Gasteiger charge is -2.34. The first-order valence-corrected chi connectivity index (χ1v) is 16.5. The van der Waals surface area contributed by atoms with Crippen LogP contribution in [0, 0.1) is 13.8 Å². The second kappa shape index (κ2) is 14.7. The van der Waals surface area contributed by atoms with Crippen molar-refractivity contribution in [2.24, 2.45) is 0 Å². The van der Waals surface area contributed by atoms with Crippen LogP contribution in [0.3, 0.4) is 0 Å². The lowest BCUT2D eigenvalue weighted by Crippen LogP contribution is -2.29. The second-order valence-corrected chi connectivity index (χ2v) is 11.9. The average Bonchev–Trinajstić information content (AvgIpc) is 3.28. The highest BCUT2D eigenvalue weighted by molar-refractivity contribution is 5.86. The van der Waals surface area contributed by atoms with Crippen molar-refractivity contribution >= 4 is 0 Å². The minimum atomic E-state index is -0.301. The summed E-state index contributed by atoms with van der Waals surface area (Å²) in [5, 5.41) is 0. The summed E-state index contributed by atoms with van der Waals surface area (Å²) in [7, 11) is 0. The Labute approximate surface area is 251 Å². The SMILES string of the molecule is CC.CCCCCCc1ccc(C2(c3ccc(CCCCCC)cc3)c3cc(C)ccc3-c3ccc(C)cc32)cc1. The van der Waals surface area contributed by atoms with Crippen molar-refractivity contribution < 1.29 is 0 Å². The number of aryl methyl sites for hydroxylation is 4. The molecule has 5 rings (SSSR count). The molecule has 0 aliphatic heterocycles. The van der Waals surface area contributed by atoms with E-state index in [0.29, 0.717) is 0 Å². The van der Waals surface area contributed by atoms with E-state index in [-0.39, 0.29) is 5.41 Å². The third-order valence-corrected chi connectivity index (χ3v) is 8.86. The Bertz CT molecular complexity index is 1260.